The number of anilines is 1. The van der Waals surface area contributed by atoms with Gasteiger partial charge in [-0.05, 0) is 75.2 Å². The number of aryl methyl sites for hydroxylation is 2. The molecule has 0 radical (unpaired) electrons. The lowest BCUT2D eigenvalue weighted by atomic mass is 10.1. The number of hydrazone groups is 1. The summed E-state index contributed by atoms with van der Waals surface area (Å²) in [5, 5.41) is 8.07. The van der Waals surface area contributed by atoms with Gasteiger partial charge in [-0.25, -0.2) is 10.2 Å². The highest BCUT2D eigenvalue weighted by molar-refractivity contribution is 5.91. The first-order valence-corrected chi connectivity index (χ1v) is 10.1. The Morgan fingerprint density at radius 1 is 1.03 bits per heavy atom. The standard InChI is InChI=1S/C25H25N5O/c1-16-7-5-9-23(18(16)3)28-25(31)29-27-15-21-13-17(2)30(19(21)4)22-10-11-24-20(14-22)8-6-12-26-24/h5-15H,1-4H3,(H2,28,29,31)/b27-15+. The van der Waals surface area contributed by atoms with Gasteiger partial charge in [-0.2, -0.15) is 5.10 Å². The molecule has 2 heterocycles. The van der Waals surface area contributed by atoms with Crippen LogP contribution in [-0.2, 0) is 0 Å². The van der Waals surface area contributed by atoms with E-state index in [2.05, 4.69) is 56.6 Å². The van der Waals surface area contributed by atoms with E-state index in [1.54, 1.807) is 12.4 Å². The third-order valence-corrected chi connectivity index (χ3v) is 5.54. The average molecular weight is 412 g/mol. The van der Waals surface area contributed by atoms with Gasteiger partial charge in [-0.1, -0.05) is 18.2 Å². The molecule has 0 aliphatic heterocycles. The van der Waals surface area contributed by atoms with Crippen LogP contribution in [0.1, 0.15) is 28.1 Å². The number of benzene rings is 2. The number of hydrogen-bond donors (Lipinski definition) is 2. The van der Waals surface area contributed by atoms with Crippen molar-refractivity contribution in [2.75, 3.05) is 5.32 Å². The number of aromatic nitrogens is 2. The number of carbonyl (C=O) groups is 1. The van der Waals surface area contributed by atoms with E-state index >= 15 is 0 Å². The van der Waals surface area contributed by atoms with E-state index in [0.29, 0.717) is 0 Å². The van der Waals surface area contributed by atoms with Crippen LogP contribution in [0.3, 0.4) is 0 Å². The van der Waals surface area contributed by atoms with Crippen LogP contribution in [0.5, 0.6) is 0 Å². The van der Waals surface area contributed by atoms with Gasteiger partial charge in [0.25, 0.3) is 0 Å². The molecule has 2 amide bonds. The lowest BCUT2D eigenvalue weighted by Crippen LogP contribution is -2.24. The zero-order valence-corrected chi connectivity index (χ0v) is 18.1. The molecular formula is C25H25N5O. The maximum Gasteiger partial charge on any atom is 0.339 e. The maximum atomic E-state index is 12.2. The molecule has 4 aromatic rings. The highest BCUT2D eigenvalue weighted by Gasteiger charge is 2.10. The fraction of sp³-hybridized carbons (Fsp3) is 0.160. The minimum atomic E-state index is -0.374. The largest absolute Gasteiger partial charge is 0.339 e. The highest BCUT2D eigenvalue weighted by Crippen LogP contribution is 2.23. The van der Waals surface area contributed by atoms with Crippen LogP contribution >= 0.6 is 0 Å². The summed E-state index contributed by atoms with van der Waals surface area (Å²) in [4.78, 5) is 16.6. The lowest BCUT2D eigenvalue weighted by Gasteiger charge is -2.10. The van der Waals surface area contributed by atoms with Gasteiger partial charge in [0.15, 0.2) is 0 Å². The van der Waals surface area contributed by atoms with Crippen LogP contribution in [0.25, 0.3) is 16.6 Å². The van der Waals surface area contributed by atoms with Crippen molar-refractivity contribution in [1.29, 1.82) is 0 Å². The topological polar surface area (TPSA) is 71.3 Å². The minimum Gasteiger partial charge on any atom is -0.318 e. The number of nitrogens with one attached hydrogen (secondary N) is 2. The molecule has 0 atom stereocenters. The van der Waals surface area contributed by atoms with Crippen LogP contribution in [0.2, 0.25) is 0 Å². The third kappa shape index (κ3) is 4.19. The van der Waals surface area contributed by atoms with Crippen molar-refractivity contribution in [3.8, 4) is 5.69 Å². The predicted octanol–water partition coefficient (Wildman–Crippen LogP) is 5.41. The van der Waals surface area contributed by atoms with Gasteiger partial charge in [0.1, 0.15) is 0 Å². The fourth-order valence-electron chi connectivity index (χ4n) is 3.71. The minimum absolute atomic E-state index is 0.374. The summed E-state index contributed by atoms with van der Waals surface area (Å²) >= 11 is 0. The van der Waals surface area contributed by atoms with E-state index in [0.717, 1.165) is 50.4 Å². The molecule has 0 saturated heterocycles. The van der Waals surface area contributed by atoms with Gasteiger partial charge >= 0.3 is 6.03 Å². The number of nitrogens with zero attached hydrogens (tertiary/aromatic N) is 3. The van der Waals surface area contributed by atoms with E-state index in [-0.39, 0.29) is 6.03 Å². The maximum absolute atomic E-state index is 12.2. The Kier molecular flexibility index (Phi) is 5.54. The molecule has 6 heteroatoms. The molecule has 156 valence electrons. The summed E-state index contributed by atoms with van der Waals surface area (Å²) in [6.45, 7) is 8.08. The monoisotopic (exact) mass is 411 g/mol. The van der Waals surface area contributed by atoms with Gasteiger partial charge in [0.2, 0.25) is 0 Å². The lowest BCUT2D eigenvalue weighted by molar-refractivity contribution is 0.252. The number of urea groups is 1. The Hall–Kier alpha value is -3.93. The molecule has 6 nitrogen and oxygen atoms in total. The number of carbonyl (C=O) groups excluding carboxylic acids is 1. The van der Waals surface area contributed by atoms with E-state index in [1.165, 1.54) is 0 Å². The van der Waals surface area contributed by atoms with E-state index in [4.69, 9.17) is 0 Å². The van der Waals surface area contributed by atoms with E-state index in [1.807, 2.05) is 51.1 Å². The van der Waals surface area contributed by atoms with Crippen molar-refractivity contribution < 1.29 is 4.79 Å². The molecule has 2 aromatic carbocycles. The quantitative estimate of drug-likeness (QED) is 0.348. The van der Waals surface area contributed by atoms with E-state index < -0.39 is 0 Å². The normalized spacial score (nSPS) is 11.2. The first-order chi connectivity index (χ1) is 14.9. The number of rotatable bonds is 4. The molecular weight excluding hydrogens is 386 g/mol. The average Bonchev–Trinajstić information content (AvgIpc) is 3.04. The molecule has 0 bridgehead atoms. The molecule has 0 spiro atoms. The van der Waals surface area contributed by atoms with Gasteiger partial charge < -0.3 is 9.88 Å². The summed E-state index contributed by atoms with van der Waals surface area (Å²) in [6.07, 6.45) is 3.47. The third-order valence-electron chi connectivity index (χ3n) is 5.54. The van der Waals surface area contributed by atoms with Crippen LogP contribution in [0.4, 0.5) is 10.5 Å². The Morgan fingerprint density at radius 3 is 2.71 bits per heavy atom. The van der Waals surface area contributed by atoms with Crippen molar-refractivity contribution in [2.24, 2.45) is 5.10 Å². The van der Waals surface area contributed by atoms with Crippen molar-refractivity contribution in [3.05, 3.63) is 88.9 Å². The van der Waals surface area contributed by atoms with Crippen molar-refractivity contribution in [2.45, 2.75) is 27.7 Å². The van der Waals surface area contributed by atoms with Gasteiger partial charge in [-0.3, -0.25) is 4.98 Å². The van der Waals surface area contributed by atoms with Crippen LogP contribution in [0, 0.1) is 27.7 Å². The fourth-order valence-corrected chi connectivity index (χ4v) is 3.71. The van der Waals surface area contributed by atoms with Crippen LogP contribution < -0.4 is 10.7 Å². The second-order valence-corrected chi connectivity index (χ2v) is 7.61. The summed E-state index contributed by atoms with van der Waals surface area (Å²) in [6, 6.07) is 17.7. The Balaban J connectivity index is 1.51. The molecule has 4 rings (SSSR count). The van der Waals surface area contributed by atoms with Gasteiger partial charge in [0.05, 0.1) is 11.7 Å². The summed E-state index contributed by atoms with van der Waals surface area (Å²) in [5.74, 6) is 0. The first kappa shape index (κ1) is 20.3. The van der Waals surface area contributed by atoms with Crippen molar-refractivity contribution in [3.63, 3.8) is 0 Å². The predicted molar refractivity (Wildman–Crippen MR) is 126 cm³/mol. The van der Waals surface area contributed by atoms with Gasteiger partial charge in [0, 0.05) is 39.9 Å². The number of pyridine rings is 1. The Morgan fingerprint density at radius 2 is 1.87 bits per heavy atom. The number of fused-ring (bicyclic) bond motifs is 1. The molecule has 2 N–H and O–H groups in total. The Labute approximate surface area is 181 Å². The molecule has 0 fully saturated rings. The van der Waals surface area contributed by atoms with Crippen molar-refractivity contribution >= 4 is 28.8 Å². The van der Waals surface area contributed by atoms with Crippen LogP contribution in [0.15, 0.2) is 65.9 Å². The second-order valence-electron chi connectivity index (χ2n) is 7.61. The SMILES string of the molecule is Cc1cccc(NC(=O)N/N=C/c2cc(C)n(-c3ccc4ncccc4c3)c2C)c1C. The summed E-state index contributed by atoms with van der Waals surface area (Å²) in [5.41, 5.74) is 10.6. The summed E-state index contributed by atoms with van der Waals surface area (Å²) in [7, 11) is 0. The van der Waals surface area contributed by atoms with Crippen LogP contribution in [-0.4, -0.2) is 21.8 Å². The zero-order valence-electron chi connectivity index (χ0n) is 18.1. The first-order valence-electron chi connectivity index (χ1n) is 10.1. The Bertz CT molecular complexity index is 1300. The molecule has 0 saturated carbocycles. The van der Waals surface area contributed by atoms with Gasteiger partial charge in [-0.15, -0.1) is 0 Å². The molecule has 0 aliphatic rings. The summed E-state index contributed by atoms with van der Waals surface area (Å²) < 4.78 is 2.17. The van der Waals surface area contributed by atoms with Crippen molar-refractivity contribution in [1.82, 2.24) is 15.0 Å². The zero-order chi connectivity index (χ0) is 22.0. The molecule has 31 heavy (non-hydrogen) atoms. The second kappa shape index (κ2) is 8.44. The smallest absolute Gasteiger partial charge is 0.318 e. The number of amides is 2. The highest BCUT2D eigenvalue weighted by atomic mass is 16.2. The number of hydrogen-bond acceptors (Lipinski definition) is 3. The van der Waals surface area contributed by atoms with E-state index in [9.17, 15) is 4.79 Å². The molecule has 2 aromatic heterocycles. The molecule has 0 unspecified atom stereocenters. The molecule has 0 aliphatic carbocycles.